The summed E-state index contributed by atoms with van der Waals surface area (Å²) >= 11 is 0. The van der Waals surface area contributed by atoms with Crippen LogP contribution in [0.3, 0.4) is 0 Å². The quantitative estimate of drug-likeness (QED) is 0.740. The minimum absolute atomic E-state index is 0. The Labute approximate surface area is 89.3 Å². The molecule has 1 aromatic heterocycles. The Morgan fingerprint density at radius 3 is 2.64 bits per heavy atom. The maximum absolute atomic E-state index is 11.1. The monoisotopic (exact) mass is 214 g/mol. The van der Waals surface area contributed by atoms with Gasteiger partial charge in [0, 0.05) is 12.3 Å². The normalized spacial score (nSPS) is 17.4. The van der Waals surface area contributed by atoms with Crippen LogP contribution in [0.4, 0.5) is 0 Å². The third kappa shape index (κ3) is 2.59. The van der Waals surface area contributed by atoms with Gasteiger partial charge in [0.2, 0.25) is 5.56 Å². The fourth-order valence-corrected chi connectivity index (χ4v) is 1.87. The van der Waals surface area contributed by atoms with Crippen molar-refractivity contribution in [1.29, 1.82) is 0 Å². The van der Waals surface area contributed by atoms with Crippen LogP contribution in [-0.4, -0.2) is 18.1 Å². The summed E-state index contributed by atoms with van der Waals surface area (Å²) < 4.78 is 0. The van der Waals surface area contributed by atoms with Gasteiger partial charge in [-0.3, -0.25) is 4.79 Å². The maximum Gasteiger partial charge on any atom is 0.248 e. The molecule has 2 N–H and O–H groups in total. The van der Waals surface area contributed by atoms with E-state index in [-0.39, 0.29) is 18.0 Å². The summed E-state index contributed by atoms with van der Waals surface area (Å²) in [5.74, 6) is 0.573. The zero-order valence-electron chi connectivity index (χ0n) is 7.95. The van der Waals surface area contributed by atoms with Gasteiger partial charge in [0.25, 0.3) is 0 Å². The molecule has 0 unspecified atom stereocenters. The molecule has 14 heavy (non-hydrogen) atoms. The summed E-state index contributed by atoms with van der Waals surface area (Å²) in [5, 5.41) is 3.31. The summed E-state index contributed by atoms with van der Waals surface area (Å²) in [7, 11) is 0. The Kier molecular flexibility index (Phi) is 4.17. The molecule has 0 spiro atoms. The van der Waals surface area contributed by atoms with Crippen LogP contribution < -0.4 is 10.9 Å². The summed E-state index contributed by atoms with van der Waals surface area (Å²) in [4.78, 5) is 13.7. The smallest absolute Gasteiger partial charge is 0.248 e. The van der Waals surface area contributed by atoms with E-state index in [9.17, 15) is 4.79 Å². The molecule has 1 aliphatic heterocycles. The maximum atomic E-state index is 11.1. The molecule has 0 bridgehead atoms. The van der Waals surface area contributed by atoms with Crippen molar-refractivity contribution in [3.8, 4) is 0 Å². The van der Waals surface area contributed by atoms with E-state index in [1.165, 1.54) is 5.56 Å². The van der Waals surface area contributed by atoms with Gasteiger partial charge in [0.15, 0.2) is 0 Å². The molecule has 0 radical (unpaired) electrons. The second-order valence-corrected chi connectivity index (χ2v) is 3.51. The van der Waals surface area contributed by atoms with E-state index in [1.807, 2.05) is 6.07 Å². The molecule has 0 saturated carbocycles. The zero-order chi connectivity index (χ0) is 9.10. The predicted molar refractivity (Wildman–Crippen MR) is 59.2 cm³/mol. The molecule has 78 valence electrons. The lowest BCUT2D eigenvalue weighted by Gasteiger charge is -2.22. The van der Waals surface area contributed by atoms with Crippen molar-refractivity contribution < 1.29 is 0 Å². The van der Waals surface area contributed by atoms with Crippen molar-refractivity contribution in [2.24, 2.45) is 0 Å². The first-order valence-corrected chi connectivity index (χ1v) is 4.75. The number of pyridine rings is 1. The van der Waals surface area contributed by atoms with Crippen LogP contribution in [-0.2, 0) is 0 Å². The highest BCUT2D eigenvalue weighted by Crippen LogP contribution is 2.23. The van der Waals surface area contributed by atoms with E-state index in [0.29, 0.717) is 5.92 Å². The van der Waals surface area contributed by atoms with E-state index in [1.54, 1.807) is 12.3 Å². The highest BCUT2D eigenvalue weighted by atomic mass is 35.5. The number of aromatic nitrogens is 1. The number of H-pyrrole nitrogens is 1. The summed E-state index contributed by atoms with van der Waals surface area (Å²) in [6, 6.07) is 3.73. The van der Waals surface area contributed by atoms with Gasteiger partial charge in [-0.1, -0.05) is 0 Å². The predicted octanol–water partition coefficient (Wildman–Crippen LogP) is 1.26. The lowest BCUT2D eigenvalue weighted by atomic mass is 9.91. The molecule has 1 saturated heterocycles. The number of piperidine rings is 1. The second-order valence-electron chi connectivity index (χ2n) is 3.51. The Morgan fingerprint density at radius 1 is 1.29 bits per heavy atom. The van der Waals surface area contributed by atoms with Crippen LogP contribution in [0, 0.1) is 0 Å². The van der Waals surface area contributed by atoms with Crippen LogP contribution in [0.5, 0.6) is 0 Å². The Hall–Kier alpha value is -0.800. The number of rotatable bonds is 1. The summed E-state index contributed by atoms with van der Waals surface area (Å²) in [5.41, 5.74) is 1.20. The molecule has 0 aliphatic carbocycles. The topological polar surface area (TPSA) is 44.9 Å². The summed E-state index contributed by atoms with van der Waals surface area (Å²) in [6.45, 7) is 2.13. The number of nitrogens with one attached hydrogen (secondary N) is 2. The molecule has 3 nitrogen and oxygen atoms in total. The molecule has 2 rings (SSSR count). The van der Waals surface area contributed by atoms with E-state index < -0.39 is 0 Å². The molecule has 1 fully saturated rings. The molecular weight excluding hydrogens is 200 g/mol. The molecule has 0 atom stereocenters. The Balaban J connectivity index is 0.000000980. The average Bonchev–Trinajstić information content (AvgIpc) is 2.19. The fraction of sp³-hybridized carbons (Fsp3) is 0.500. The average molecular weight is 215 g/mol. The van der Waals surface area contributed by atoms with Crippen molar-refractivity contribution in [3.63, 3.8) is 0 Å². The van der Waals surface area contributed by atoms with Gasteiger partial charge in [-0.25, -0.2) is 0 Å². The van der Waals surface area contributed by atoms with E-state index >= 15 is 0 Å². The highest BCUT2D eigenvalue weighted by molar-refractivity contribution is 5.85. The molecular formula is C10H15ClN2O. The van der Waals surface area contributed by atoms with Gasteiger partial charge >= 0.3 is 0 Å². The standard InChI is InChI=1S/C10H14N2O.ClH/c13-10-7-9(3-6-12-10)8-1-4-11-5-2-8;/h3,6-8,11H,1-2,4-5H2,(H,12,13);1H. The molecule has 1 aliphatic rings. The highest BCUT2D eigenvalue weighted by Gasteiger charge is 2.14. The zero-order valence-corrected chi connectivity index (χ0v) is 8.77. The van der Waals surface area contributed by atoms with Crippen LogP contribution >= 0.6 is 12.4 Å². The van der Waals surface area contributed by atoms with Gasteiger partial charge in [-0.2, -0.15) is 0 Å². The lowest BCUT2D eigenvalue weighted by molar-refractivity contribution is 0.460. The van der Waals surface area contributed by atoms with Crippen LogP contribution in [0.2, 0.25) is 0 Å². The first-order valence-electron chi connectivity index (χ1n) is 4.75. The first kappa shape index (κ1) is 11.3. The van der Waals surface area contributed by atoms with Gasteiger partial charge in [-0.15, -0.1) is 12.4 Å². The Morgan fingerprint density at radius 2 is 2.00 bits per heavy atom. The third-order valence-electron chi connectivity index (χ3n) is 2.61. The van der Waals surface area contributed by atoms with Crippen molar-refractivity contribution >= 4 is 12.4 Å². The van der Waals surface area contributed by atoms with Crippen molar-refractivity contribution in [1.82, 2.24) is 10.3 Å². The molecule has 1 aromatic rings. The second kappa shape index (κ2) is 5.17. The molecule has 2 heterocycles. The lowest BCUT2D eigenvalue weighted by Crippen LogP contribution is -2.27. The minimum atomic E-state index is 0. The first-order chi connectivity index (χ1) is 6.36. The van der Waals surface area contributed by atoms with Gasteiger partial charge in [0.1, 0.15) is 0 Å². The van der Waals surface area contributed by atoms with E-state index in [2.05, 4.69) is 10.3 Å². The van der Waals surface area contributed by atoms with Crippen molar-refractivity contribution in [2.45, 2.75) is 18.8 Å². The van der Waals surface area contributed by atoms with E-state index in [4.69, 9.17) is 0 Å². The Bertz CT molecular complexity index is 331. The number of hydrogen-bond donors (Lipinski definition) is 2. The number of halogens is 1. The largest absolute Gasteiger partial charge is 0.329 e. The SMILES string of the molecule is Cl.O=c1cc(C2CCNCC2)cc[nH]1. The van der Waals surface area contributed by atoms with Crippen molar-refractivity contribution in [2.75, 3.05) is 13.1 Å². The third-order valence-corrected chi connectivity index (χ3v) is 2.61. The molecule has 0 amide bonds. The van der Waals surface area contributed by atoms with Crippen molar-refractivity contribution in [3.05, 3.63) is 34.2 Å². The van der Waals surface area contributed by atoms with Gasteiger partial charge in [-0.05, 0) is 43.5 Å². The fourth-order valence-electron chi connectivity index (χ4n) is 1.87. The van der Waals surface area contributed by atoms with Gasteiger partial charge in [0.05, 0.1) is 0 Å². The van der Waals surface area contributed by atoms with E-state index in [0.717, 1.165) is 25.9 Å². The van der Waals surface area contributed by atoms with Crippen LogP contribution in [0.15, 0.2) is 23.1 Å². The molecule has 4 heteroatoms. The van der Waals surface area contributed by atoms with Gasteiger partial charge < -0.3 is 10.3 Å². The molecule has 0 aromatic carbocycles. The van der Waals surface area contributed by atoms with Crippen LogP contribution in [0.25, 0.3) is 0 Å². The minimum Gasteiger partial charge on any atom is -0.329 e. The number of aromatic amines is 1. The summed E-state index contributed by atoms with van der Waals surface area (Å²) in [6.07, 6.45) is 4.02. The van der Waals surface area contributed by atoms with Crippen LogP contribution in [0.1, 0.15) is 24.3 Å². The number of hydrogen-bond acceptors (Lipinski definition) is 2.